The van der Waals surface area contributed by atoms with Gasteiger partial charge in [-0.25, -0.2) is 9.97 Å². The summed E-state index contributed by atoms with van der Waals surface area (Å²) in [5.41, 5.74) is 7.92. The van der Waals surface area contributed by atoms with Crippen molar-refractivity contribution >= 4 is 5.95 Å². The van der Waals surface area contributed by atoms with E-state index in [1.54, 1.807) is 30.9 Å². The van der Waals surface area contributed by atoms with Gasteiger partial charge in [0.05, 0.1) is 18.7 Å². The zero-order chi connectivity index (χ0) is 12.4. The Balaban J connectivity index is 2.21. The zero-order valence-electron chi connectivity index (χ0n) is 9.32. The summed E-state index contributed by atoms with van der Waals surface area (Å²) >= 11 is 0. The van der Waals surface area contributed by atoms with Crippen LogP contribution in [0.2, 0.25) is 0 Å². The number of hydrogen-bond donors (Lipinski definition) is 1. The minimum Gasteiger partial charge on any atom is -0.463 e. The van der Waals surface area contributed by atoms with Gasteiger partial charge >= 0.3 is 0 Å². The van der Waals surface area contributed by atoms with E-state index in [0.29, 0.717) is 11.5 Å². The molecule has 0 fully saturated rings. The van der Waals surface area contributed by atoms with Crippen molar-refractivity contribution in [1.82, 2.24) is 20.2 Å². The highest BCUT2D eigenvalue weighted by Gasteiger charge is 2.12. The maximum atomic E-state index is 5.62. The van der Waals surface area contributed by atoms with Crippen LogP contribution in [-0.4, -0.2) is 20.2 Å². The van der Waals surface area contributed by atoms with Crippen LogP contribution in [0.1, 0.15) is 0 Å². The Hall–Kier alpha value is -2.76. The predicted molar refractivity (Wildman–Crippen MR) is 65.2 cm³/mol. The van der Waals surface area contributed by atoms with E-state index in [-0.39, 0.29) is 5.95 Å². The summed E-state index contributed by atoms with van der Waals surface area (Å²) in [7, 11) is 0. The van der Waals surface area contributed by atoms with Crippen molar-refractivity contribution in [2.45, 2.75) is 0 Å². The van der Waals surface area contributed by atoms with E-state index in [1.165, 1.54) is 0 Å². The lowest BCUT2D eigenvalue weighted by molar-refractivity contribution is 0.580. The van der Waals surface area contributed by atoms with Crippen molar-refractivity contribution in [3.8, 4) is 22.6 Å². The quantitative estimate of drug-likeness (QED) is 0.732. The van der Waals surface area contributed by atoms with E-state index in [4.69, 9.17) is 10.2 Å². The van der Waals surface area contributed by atoms with Crippen LogP contribution in [0.15, 0.2) is 47.5 Å². The first kappa shape index (κ1) is 10.4. The molecule has 3 aromatic heterocycles. The first-order valence-electron chi connectivity index (χ1n) is 5.28. The van der Waals surface area contributed by atoms with Crippen LogP contribution in [0, 0.1) is 0 Å². The molecule has 6 heteroatoms. The second-order valence-corrected chi connectivity index (χ2v) is 3.60. The van der Waals surface area contributed by atoms with E-state index in [2.05, 4.69) is 20.2 Å². The number of furan rings is 1. The molecule has 0 aromatic carbocycles. The average molecular weight is 239 g/mol. The topological polar surface area (TPSA) is 90.7 Å². The van der Waals surface area contributed by atoms with Gasteiger partial charge in [-0.05, 0) is 18.2 Å². The van der Waals surface area contributed by atoms with Crippen molar-refractivity contribution in [2.75, 3.05) is 5.73 Å². The van der Waals surface area contributed by atoms with Crippen LogP contribution in [0.3, 0.4) is 0 Å². The molecule has 3 rings (SSSR count). The molecule has 0 saturated carbocycles. The number of aromatic nitrogens is 4. The van der Waals surface area contributed by atoms with E-state index < -0.39 is 0 Å². The summed E-state index contributed by atoms with van der Waals surface area (Å²) in [6.45, 7) is 0. The third kappa shape index (κ3) is 1.80. The Labute approximate surface area is 103 Å². The minimum atomic E-state index is 0.201. The van der Waals surface area contributed by atoms with Crippen molar-refractivity contribution in [2.24, 2.45) is 0 Å². The van der Waals surface area contributed by atoms with E-state index >= 15 is 0 Å². The molecule has 0 spiro atoms. The van der Waals surface area contributed by atoms with Crippen molar-refractivity contribution in [3.05, 3.63) is 43.1 Å². The Morgan fingerprint density at radius 3 is 2.78 bits per heavy atom. The molecule has 18 heavy (non-hydrogen) atoms. The van der Waals surface area contributed by atoms with Gasteiger partial charge in [0.1, 0.15) is 5.69 Å². The summed E-state index contributed by atoms with van der Waals surface area (Å²) in [5, 5.41) is 7.58. The maximum Gasteiger partial charge on any atom is 0.220 e. The molecule has 0 aliphatic carbocycles. The Morgan fingerprint density at radius 2 is 2.06 bits per heavy atom. The summed E-state index contributed by atoms with van der Waals surface area (Å²) in [5.74, 6) is 0.836. The lowest BCUT2D eigenvalue weighted by atomic mass is 10.1. The summed E-state index contributed by atoms with van der Waals surface area (Å²) < 4.78 is 5.35. The lowest BCUT2D eigenvalue weighted by Crippen LogP contribution is -1.98. The van der Waals surface area contributed by atoms with Gasteiger partial charge in [0, 0.05) is 17.3 Å². The molecule has 88 valence electrons. The fourth-order valence-corrected chi connectivity index (χ4v) is 1.66. The molecule has 3 heterocycles. The second kappa shape index (κ2) is 4.25. The van der Waals surface area contributed by atoms with Crippen LogP contribution in [-0.2, 0) is 0 Å². The summed E-state index contributed by atoms with van der Waals surface area (Å²) in [6, 6.07) is 5.44. The van der Waals surface area contributed by atoms with Crippen molar-refractivity contribution < 1.29 is 4.42 Å². The highest BCUT2D eigenvalue weighted by Crippen LogP contribution is 2.29. The fourth-order valence-electron chi connectivity index (χ4n) is 1.66. The zero-order valence-corrected chi connectivity index (χ0v) is 9.32. The monoisotopic (exact) mass is 239 g/mol. The third-order valence-corrected chi connectivity index (χ3v) is 2.46. The van der Waals surface area contributed by atoms with Crippen LogP contribution < -0.4 is 5.73 Å². The van der Waals surface area contributed by atoms with E-state index in [9.17, 15) is 0 Å². The largest absolute Gasteiger partial charge is 0.463 e. The number of hydrogen-bond acceptors (Lipinski definition) is 6. The third-order valence-electron chi connectivity index (χ3n) is 2.46. The van der Waals surface area contributed by atoms with Gasteiger partial charge in [-0.1, -0.05) is 0 Å². The van der Waals surface area contributed by atoms with Gasteiger partial charge in [-0.3, -0.25) is 0 Å². The molecule has 2 N–H and O–H groups in total. The highest BCUT2D eigenvalue weighted by atomic mass is 16.3. The minimum absolute atomic E-state index is 0.201. The van der Waals surface area contributed by atoms with Gasteiger partial charge in [0.15, 0.2) is 5.76 Å². The van der Waals surface area contributed by atoms with Crippen molar-refractivity contribution in [1.29, 1.82) is 0 Å². The van der Waals surface area contributed by atoms with Crippen LogP contribution >= 0.6 is 0 Å². The van der Waals surface area contributed by atoms with Gasteiger partial charge in [-0.15, -0.1) is 0 Å². The number of nitrogen functional groups attached to an aromatic ring is 1. The van der Waals surface area contributed by atoms with Crippen LogP contribution in [0.5, 0.6) is 0 Å². The molecular formula is C12H9N5O. The standard InChI is InChI=1S/C12H9N5O/c13-12-14-7-9(8-3-4-15-16-6-8)11(17-12)10-2-1-5-18-10/h1-7H,(H2,13,14,17). The molecule has 0 saturated heterocycles. The number of nitrogens with two attached hydrogens (primary N) is 1. The molecular weight excluding hydrogens is 230 g/mol. The fraction of sp³-hybridized carbons (Fsp3) is 0. The number of rotatable bonds is 2. The van der Waals surface area contributed by atoms with Crippen LogP contribution in [0.25, 0.3) is 22.6 Å². The van der Waals surface area contributed by atoms with Gasteiger partial charge < -0.3 is 10.2 Å². The molecule has 0 bridgehead atoms. The SMILES string of the molecule is Nc1ncc(-c2ccnnc2)c(-c2ccco2)n1. The van der Waals surface area contributed by atoms with E-state index in [0.717, 1.165) is 11.1 Å². The Bertz CT molecular complexity index is 651. The first-order valence-corrected chi connectivity index (χ1v) is 5.28. The molecule has 6 nitrogen and oxygen atoms in total. The van der Waals surface area contributed by atoms with Gasteiger partial charge in [0.25, 0.3) is 0 Å². The lowest BCUT2D eigenvalue weighted by Gasteiger charge is -2.06. The average Bonchev–Trinajstić information content (AvgIpc) is 2.93. The molecule has 0 atom stereocenters. The molecule has 3 aromatic rings. The molecule has 0 amide bonds. The number of anilines is 1. The molecule has 0 aliphatic rings. The molecule has 0 aliphatic heterocycles. The first-order chi connectivity index (χ1) is 8.84. The van der Waals surface area contributed by atoms with Gasteiger partial charge in [-0.2, -0.15) is 10.2 Å². The Morgan fingerprint density at radius 1 is 1.11 bits per heavy atom. The highest BCUT2D eigenvalue weighted by molar-refractivity contribution is 5.77. The normalized spacial score (nSPS) is 10.4. The van der Waals surface area contributed by atoms with Gasteiger partial charge in [0.2, 0.25) is 5.95 Å². The maximum absolute atomic E-state index is 5.62. The second-order valence-electron chi connectivity index (χ2n) is 3.60. The molecule has 0 radical (unpaired) electrons. The molecule has 0 unspecified atom stereocenters. The van der Waals surface area contributed by atoms with E-state index in [1.807, 2.05) is 12.1 Å². The Kier molecular flexibility index (Phi) is 2.45. The summed E-state index contributed by atoms with van der Waals surface area (Å²) in [4.78, 5) is 8.22. The summed E-state index contributed by atoms with van der Waals surface area (Å²) in [6.07, 6.45) is 6.48. The smallest absolute Gasteiger partial charge is 0.220 e. The predicted octanol–water partition coefficient (Wildman–Crippen LogP) is 1.78. The van der Waals surface area contributed by atoms with Crippen molar-refractivity contribution in [3.63, 3.8) is 0 Å². The number of nitrogens with zero attached hydrogens (tertiary/aromatic N) is 4. The van der Waals surface area contributed by atoms with Crippen LogP contribution in [0.4, 0.5) is 5.95 Å².